The zero-order valence-corrected chi connectivity index (χ0v) is 20.7. The fraction of sp³-hybridized carbons (Fsp3) is 0.478. The molecule has 1 fully saturated rings. The zero-order valence-electron chi connectivity index (χ0n) is 18.4. The average Bonchev–Trinajstić information content (AvgIpc) is 2.72. The summed E-state index contributed by atoms with van der Waals surface area (Å²) in [7, 11) is 1.81. The Hall–Kier alpha value is -2.03. The average molecular weight is 523 g/mol. The van der Waals surface area contributed by atoms with Gasteiger partial charge in [-0.05, 0) is 62.9 Å². The lowest BCUT2D eigenvalue weighted by molar-refractivity contribution is 0.223. The quantitative estimate of drug-likeness (QED) is 0.342. The first-order chi connectivity index (χ1) is 14.0. The van der Waals surface area contributed by atoms with E-state index in [4.69, 9.17) is 4.74 Å². The van der Waals surface area contributed by atoms with Crippen molar-refractivity contribution in [1.29, 1.82) is 0 Å². The highest BCUT2D eigenvalue weighted by Crippen LogP contribution is 2.18. The number of hydrogen-bond donors (Lipinski definition) is 2. The summed E-state index contributed by atoms with van der Waals surface area (Å²) in [6.45, 7) is 8.89. The van der Waals surface area contributed by atoms with Gasteiger partial charge in [-0.2, -0.15) is 0 Å². The molecule has 1 aliphatic rings. The molecule has 164 valence electrons. The number of rotatable bonds is 6. The SMILES string of the molecule is CN=C(NCC(C)Oc1cccc(C)c1)NC1CCN(c2ccc(C)cn2)CC1.I. The van der Waals surface area contributed by atoms with Gasteiger partial charge in [-0.15, -0.1) is 24.0 Å². The Morgan fingerprint density at radius 2 is 1.97 bits per heavy atom. The fourth-order valence-electron chi connectivity index (χ4n) is 3.49. The molecule has 2 aromatic rings. The Morgan fingerprint density at radius 3 is 2.60 bits per heavy atom. The number of pyridine rings is 1. The molecule has 6 nitrogen and oxygen atoms in total. The van der Waals surface area contributed by atoms with Crippen LogP contribution in [0.2, 0.25) is 0 Å². The molecule has 1 aromatic carbocycles. The molecule has 1 aliphatic heterocycles. The summed E-state index contributed by atoms with van der Waals surface area (Å²) in [4.78, 5) is 11.3. The summed E-state index contributed by atoms with van der Waals surface area (Å²) in [6, 6.07) is 12.8. The molecule has 2 heterocycles. The first kappa shape index (κ1) is 24.2. The lowest BCUT2D eigenvalue weighted by atomic mass is 10.1. The molecular weight excluding hydrogens is 489 g/mol. The number of hydrogen-bond acceptors (Lipinski definition) is 4. The number of guanidine groups is 1. The Labute approximate surface area is 197 Å². The fourth-order valence-corrected chi connectivity index (χ4v) is 3.49. The summed E-state index contributed by atoms with van der Waals surface area (Å²) in [5.41, 5.74) is 2.40. The molecule has 1 atom stereocenters. The van der Waals surface area contributed by atoms with Crippen LogP contribution in [-0.2, 0) is 0 Å². The predicted molar refractivity (Wildman–Crippen MR) is 135 cm³/mol. The standard InChI is InChI=1S/C23H33N5O.HI/c1-17-6-5-7-21(14-17)29-19(3)16-26-23(24-4)27-20-10-12-28(13-11-20)22-9-8-18(2)15-25-22;/h5-9,14-15,19-20H,10-13,16H2,1-4H3,(H2,24,26,27);1H. The Bertz CT molecular complexity index is 803. The number of ether oxygens (including phenoxy) is 1. The van der Waals surface area contributed by atoms with Gasteiger partial charge in [0.25, 0.3) is 0 Å². The molecule has 1 saturated heterocycles. The first-order valence-corrected chi connectivity index (χ1v) is 10.4. The van der Waals surface area contributed by atoms with Crippen LogP contribution in [0.5, 0.6) is 5.75 Å². The minimum Gasteiger partial charge on any atom is -0.489 e. The number of benzene rings is 1. The molecule has 0 amide bonds. The van der Waals surface area contributed by atoms with Gasteiger partial charge in [-0.25, -0.2) is 4.98 Å². The van der Waals surface area contributed by atoms with Crippen molar-refractivity contribution in [3.05, 3.63) is 53.7 Å². The van der Waals surface area contributed by atoms with Crippen molar-refractivity contribution in [2.45, 2.75) is 45.8 Å². The molecule has 1 unspecified atom stereocenters. The Morgan fingerprint density at radius 1 is 1.20 bits per heavy atom. The topological polar surface area (TPSA) is 61.8 Å². The molecule has 3 rings (SSSR count). The maximum atomic E-state index is 5.99. The second-order valence-electron chi connectivity index (χ2n) is 7.80. The molecular formula is C23H34IN5O. The lowest BCUT2D eigenvalue weighted by Crippen LogP contribution is -2.50. The van der Waals surface area contributed by atoms with Gasteiger partial charge in [0, 0.05) is 32.4 Å². The highest BCUT2D eigenvalue weighted by Gasteiger charge is 2.21. The van der Waals surface area contributed by atoms with Crippen LogP contribution in [0.15, 0.2) is 47.6 Å². The van der Waals surface area contributed by atoms with E-state index in [2.05, 4.69) is 70.5 Å². The number of nitrogens with one attached hydrogen (secondary N) is 2. The van der Waals surface area contributed by atoms with Crippen LogP contribution >= 0.6 is 24.0 Å². The maximum Gasteiger partial charge on any atom is 0.191 e. The smallest absolute Gasteiger partial charge is 0.191 e. The van der Waals surface area contributed by atoms with E-state index in [-0.39, 0.29) is 30.1 Å². The van der Waals surface area contributed by atoms with E-state index in [1.54, 1.807) is 0 Å². The van der Waals surface area contributed by atoms with Crippen LogP contribution in [0.3, 0.4) is 0 Å². The zero-order chi connectivity index (χ0) is 20.6. The Kier molecular flexibility index (Phi) is 9.68. The van der Waals surface area contributed by atoms with Crippen LogP contribution in [0.4, 0.5) is 5.82 Å². The van der Waals surface area contributed by atoms with Gasteiger partial charge >= 0.3 is 0 Å². The third kappa shape index (κ3) is 7.34. The molecule has 2 N–H and O–H groups in total. The van der Waals surface area contributed by atoms with E-state index in [0.717, 1.165) is 43.5 Å². The number of anilines is 1. The molecule has 0 aliphatic carbocycles. The number of piperidine rings is 1. The van der Waals surface area contributed by atoms with Crippen molar-refractivity contribution < 1.29 is 4.74 Å². The van der Waals surface area contributed by atoms with Crippen LogP contribution in [0.1, 0.15) is 30.9 Å². The summed E-state index contributed by atoms with van der Waals surface area (Å²) < 4.78 is 5.99. The van der Waals surface area contributed by atoms with E-state index < -0.39 is 0 Å². The van der Waals surface area contributed by atoms with Gasteiger partial charge in [-0.1, -0.05) is 18.2 Å². The van der Waals surface area contributed by atoms with Crippen molar-refractivity contribution in [1.82, 2.24) is 15.6 Å². The monoisotopic (exact) mass is 523 g/mol. The van der Waals surface area contributed by atoms with Gasteiger partial charge in [0.1, 0.15) is 17.7 Å². The summed E-state index contributed by atoms with van der Waals surface area (Å²) in [5, 5.41) is 6.94. The second kappa shape index (κ2) is 12.0. The van der Waals surface area contributed by atoms with Gasteiger partial charge in [0.05, 0.1) is 6.54 Å². The minimum atomic E-state index is 0. The lowest BCUT2D eigenvalue weighted by Gasteiger charge is -2.34. The maximum absolute atomic E-state index is 5.99. The molecule has 0 radical (unpaired) electrons. The number of halogens is 1. The van der Waals surface area contributed by atoms with E-state index in [1.165, 1.54) is 11.1 Å². The number of aromatic nitrogens is 1. The van der Waals surface area contributed by atoms with Crippen molar-refractivity contribution in [2.24, 2.45) is 4.99 Å². The third-order valence-corrected chi connectivity index (χ3v) is 5.16. The molecule has 0 saturated carbocycles. The van der Waals surface area contributed by atoms with Gasteiger partial charge < -0.3 is 20.3 Å². The van der Waals surface area contributed by atoms with Crippen molar-refractivity contribution >= 4 is 35.8 Å². The molecule has 30 heavy (non-hydrogen) atoms. The van der Waals surface area contributed by atoms with Crippen LogP contribution in [0.25, 0.3) is 0 Å². The third-order valence-electron chi connectivity index (χ3n) is 5.16. The normalized spacial score (nSPS) is 15.9. The van der Waals surface area contributed by atoms with E-state index >= 15 is 0 Å². The van der Waals surface area contributed by atoms with Crippen molar-refractivity contribution in [3.63, 3.8) is 0 Å². The number of aliphatic imine (C=N–C) groups is 1. The van der Waals surface area contributed by atoms with Crippen LogP contribution < -0.4 is 20.3 Å². The van der Waals surface area contributed by atoms with Gasteiger partial charge in [-0.3, -0.25) is 4.99 Å². The summed E-state index contributed by atoms with van der Waals surface area (Å²) in [5.74, 6) is 2.80. The van der Waals surface area contributed by atoms with E-state index in [0.29, 0.717) is 12.6 Å². The summed E-state index contributed by atoms with van der Waals surface area (Å²) >= 11 is 0. The number of aryl methyl sites for hydroxylation is 2. The van der Waals surface area contributed by atoms with E-state index in [1.807, 2.05) is 25.4 Å². The van der Waals surface area contributed by atoms with Crippen LogP contribution in [-0.4, -0.2) is 49.8 Å². The minimum absolute atomic E-state index is 0. The second-order valence-corrected chi connectivity index (χ2v) is 7.80. The molecule has 1 aromatic heterocycles. The van der Waals surface area contributed by atoms with Crippen molar-refractivity contribution in [3.8, 4) is 5.75 Å². The molecule has 0 spiro atoms. The highest BCUT2D eigenvalue weighted by atomic mass is 127. The molecule has 7 heteroatoms. The Balaban J connectivity index is 0.00000320. The van der Waals surface area contributed by atoms with E-state index in [9.17, 15) is 0 Å². The largest absolute Gasteiger partial charge is 0.489 e. The summed E-state index contributed by atoms with van der Waals surface area (Å²) in [6.07, 6.45) is 4.10. The van der Waals surface area contributed by atoms with Crippen molar-refractivity contribution in [2.75, 3.05) is 31.6 Å². The van der Waals surface area contributed by atoms with Gasteiger partial charge in [0.15, 0.2) is 5.96 Å². The highest BCUT2D eigenvalue weighted by molar-refractivity contribution is 14.0. The number of nitrogens with zero attached hydrogens (tertiary/aromatic N) is 3. The van der Waals surface area contributed by atoms with Gasteiger partial charge in [0.2, 0.25) is 0 Å². The first-order valence-electron chi connectivity index (χ1n) is 10.4. The van der Waals surface area contributed by atoms with Crippen LogP contribution in [0, 0.1) is 13.8 Å². The predicted octanol–water partition coefficient (Wildman–Crippen LogP) is 3.92. The molecule has 0 bridgehead atoms.